The van der Waals surface area contributed by atoms with Crippen molar-refractivity contribution in [2.45, 2.75) is 18.7 Å². The number of rotatable bonds is 4. The molecule has 0 N–H and O–H groups in total. The van der Waals surface area contributed by atoms with E-state index < -0.39 is 10.1 Å². The van der Waals surface area contributed by atoms with Gasteiger partial charge in [-0.3, -0.25) is 0 Å². The van der Waals surface area contributed by atoms with Gasteiger partial charge in [-0.15, -0.1) is 0 Å². The minimum atomic E-state index is -4.10. The van der Waals surface area contributed by atoms with Gasteiger partial charge in [-0.25, -0.2) is 0 Å². The summed E-state index contributed by atoms with van der Waals surface area (Å²) in [7, 11) is -2.68. The molecular formula is C15H14Cl2O4S. The highest BCUT2D eigenvalue weighted by Gasteiger charge is 2.23. The van der Waals surface area contributed by atoms with Crippen LogP contribution in [-0.2, 0) is 10.1 Å². The second kappa shape index (κ2) is 6.36. The second-order valence-electron chi connectivity index (χ2n) is 4.72. The van der Waals surface area contributed by atoms with Crippen LogP contribution in [0.5, 0.6) is 11.5 Å². The van der Waals surface area contributed by atoms with Crippen LogP contribution < -0.4 is 8.92 Å². The SMILES string of the molecule is COc1cc(Cl)c(S(=O)(=O)Oc2ccc(C)cc2C)cc1Cl. The summed E-state index contributed by atoms with van der Waals surface area (Å²) in [6, 6.07) is 7.74. The average Bonchev–Trinajstić information content (AvgIpc) is 2.43. The predicted molar refractivity (Wildman–Crippen MR) is 86.7 cm³/mol. The molecule has 2 aromatic carbocycles. The average molecular weight is 361 g/mol. The molecule has 0 saturated carbocycles. The van der Waals surface area contributed by atoms with Crippen molar-refractivity contribution in [2.24, 2.45) is 0 Å². The van der Waals surface area contributed by atoms with Crippen LogP contribution in [0.15, 0.2) is 35.2 Å². The van der Waals surface area contributed by atoms with Crippen LogP contribution in [0.25, 0.3) is 0 Å². The van der Waals surface area contributed by atoms with Crippen molar-refractivity contribution in [2.75, 3.05) is 7.11 Å². The molecule has 0 atom stereocenters. The number of ether oxygens (including phenoxy) is 1. The first-order chi connectivity index (χ1) is 10.2. The van der Waals surface area contributed by atoms with Gasteiger partial charge in [0.2, 0.25) is 0 Å². The van der Waals surface area contributed by atoms with E-state index in [1.807, 2.05) is 13.0 Å². The van der Waals surface area contributed by atoms with Crippen LogP contribution in [0.3, 0.4) is 0 Å². The summed E-state index contributed by atoms with van der Waals surface area (Å²) in [5.74, 6) is 0.533. The van der Waals surface area contributed by atoms with Gasteiger partial charge < -0.3 is 8.92 Å². The lowest BCUT2D eigenvalue weighted by Crippen LogP contribution is -2.11. The quantitative estimate of drug-likeness (QED) is 0.758. The van der Waals surface area contributed by atoms with E-state index >= 15 is 0 Å². The minimum absolute atomic E-state index is 0.0222. The van der Waals surface area contributed by atoms with Crippen molar-refractivity contribution >= 4 is 33.3 Å². The van der Waals surface area contributed by atoms with E-state index in [0.717, 1.165) is 5.56 Å². The van der Waals surface area contributed by atoms with Crippen molar-refractivity contribution in [3.05, 3.63) is 51.5 Å². The summed E-state index contributed by atoms with van der Waals surface area (Å²) in [6.45, 7) is 3.67. The highest BCUT2D eigenvalue weighted by molar-refractivity contribution is 7.87. The monoisotopic (exact) mass is 360 g/mol. The van der Waals surface area contributed by atoms with Gasteiger partial charge in [-0.05, 0) is 31.5 Å². The number of halogens is 2. The summed E-state index contributed by atoms with van der Waals surface area (Å²) in [5, 5.41) is 0.112. The highest BCUT2D eigenvalue weighted by Crippen LogP contribution is 2.35. The van der Waals surface area contributed by atoms with Gasteiger partial charge in [0.25, 0.3) is 0 Å². The Bertz CT molecular complexity index is 817. The Balaban J connectivity index is 2.45. The Morgan fingerprint density at radius 3 is 2.23 bits per heavy atom. The smallest absolute Gasteiger partial charge is 0.340 e. The third-order valence-electron chi connectivity index (χ3n) is 3.01. The molecule has 0 aliphatic heterocycles. The third kappa shape index (κ3) is 3.48. The molecule has 0 fully saturated rings. The molecule has 0 aromatic heterocycles. The Kier molecular flexibility index (Phi) is 4.90. The van der Waals surface area contributed by atoms with Crippen molar-refractivity contribution in [3.63, 3.8) is 0 Å². The second-order valence-corrected chi connectivity index (χ2v) is 7.05. The lowest BCUT2D eigenvalue weighted by Gasteiger charge is -2.12. The zero-order valence-electron chi connectivity index (χ0n) is 12.2. The van der Waals surface area contributed by atoms with Gasteiger partial charge in [0.05, 0.1) is 17.2 Å². The van der Waals surface area contributed by atoms with Crippen molar-refractivity contribution in [1.82, 2.24) is 0 Å². The first-order valence-electron chi connectivity index (χ1n) is 6.29. The maximum Gasteiger partial charge on any atom is 0.340 e. The normalized spacial score (nSPS) is 11.3. The third-order valence-corrected chi connectivity index (χ3v) is 5.00. The zero-order valence-corrected chi connectivity index (χ0v) is 14.5. The lowest BCUT2D eigenvalue weighted by molar-refractivity contribution is 0.414. The summed E-state index contributed by atoms with van der Waals surface area (Å²) in [6.07, 6.45) is 0. The highest BCUT2D eigenvalue weighted by atomic mass is 35.5. The molecule has 0 amide bonds. The van der Waals surface area contributed by atoms with Crippen LogP contribution >= 0.6 is 23.2 Å². The molecule has 0 saturated heterocycles. The van der Waals surface area contributed by atoms with E-state index in [9.17, 15) is 8.42 Å². The fourth-order valence-corrected chi connectivity index (χ4v) is 3.73. The van der Waals surface area contributed by atoms with Gasteiger partial charge in [0, 0.05) is 6.07 Å². The molecule has 2 rings (SSSR count). The predicted octanol–water partition coefficient (Wildman–Crippen LogP) is 4.39. The molecule has 2 aromatic rings. The molecule has 7 heteroatoms. The Morgan fingerprint density at radius 1 is 0.955 bits per heavy atom. The largest absolute Gasteiger partial charge is 0.495 e. The molecule has 0 spiro atoms. The van der Waals surface area contributed by atoms with Crippen LogP contribution in [0.1, 0.15) is 11.1 Å². The Labute approximate surface area is 139 Å². The molecule has 0 heterocycles. The number of methoxy groups -OCH3 is 1. The summed E-state index contributed by atoms with van der Waals surface area (Å²) >= 11 is 12.0. The van der Waals surface area contributed by atoms with Gasteiger partial charge in [0.1, 0.15) is 16.4 Å². The van der Waals surface area contributed by atoms with Crippen molar-refractivity contribution < 1.29 is 17.3 Å². The molecule has 0 bridgehead atoms. The summed E-state index contributed by atoms with van der Waals surface area (Å²) in [5.41, 5.74) is 1.71. The van der Waals surface area contributed by atoms with Crippen LogP contribution in [0, 0.1) is 13.8 Å². The van der Waals surface area contributed by atoms with E-state index in [4.69, 9.17) is 32.1 Å². The Morgan fingerprint density at radius 2 is 1.64 bits per heavy atom. The van der Waals surface area contributed by atoms with Crippen LogP contribution in [0.2, 0.25) is 10.0 Å². The van der Waals surface area contributed by atoms with Crippen LogP contribution in [0.4, 0.5) is 0 Å². The van der Waals surface area contributed by atoms with E-state index in [2.05, 4.69) is 0 Å². The number of benzene rings is 2. The van der Waals surface area contributed by atoms with Crippen molar-refractivity contribution in [1.29, 1.82) is 0 Å². The van der Waals surface area contributed by atoms with E-state index in [0.29, 0.717) is 5.56 Å². The number of aryl methyl sites for hydroxylation is 2. The number of hydrogen-bond donors (Lipinski definition) is 0. The standard InChI is InChI=1S/C15H14Cl2O4S/c1-9-4-5-13(10(2)6-9)21-22(18,19)15-8-11(16)14(20-3)7-12(15)17/h4-8H,1-3H3. The summed E-state index contributed by atoms with van der Waals surface area (Å²) in [4.78, 5) is -0.208. The van der Waals surface area contributed by atoms with Gasteiger partial charge in [-0.1, -0.05) is 40.9 Å². The van der Waals surface area contributed by atoms with Gasteiger partial charge >= 0.3 is 10.1 Å². The molecule has 0 aliphatic carbocycles. The van der Waals surface area contributed by atoms with Gasteiger partial charge in [-0.2, -0.15) is 8.42 Å². The molecule has 0 radical (unpaired) electrons. The first kappa shape index (κ1) is 16.9. The van der Waals surface area contributed by atoms with E-state index in [1.54, 1.807) is 19.1 Å². The van der Waals surface area contributed by atoms with Gasteiger partial charge in [0.15, 0.2) is 0 Å². The molecule has 4 nitrogen and oxygen atoms in total. The number of hydrogen-bond acceptors (Lipinski definition) is 4. The topological polar surface area (TPSA) is 52.6 Å². The maximum atomic E-state index is 12.4. The molecule has 0 unspecified atom stereocenters. The molecule has 0 aliphatic rings. The fourth-order valence-electron chi connectivity index (χ4n) is 1.91. The van der Waals surface area contributed by atoms with Crippen molar-refractivity contribution in [3.8, 4) is 11.5 Å². The van der Waals surface area contributed by atoms with E-state index in [1.165, 1.54) is 19.2 Å². The minimum Gasteiger partial charge on any atom is -0.495 e. The zero-order chi connectivity index (χ0) is 16.5. The molecular weight excluding hydrogens is 347 g/mol. The molecule has 22 heavy (non-hydrogen) atoms. The lowest BCUT2D eigenvalue weighted by atomic mass is 10.1. The first-order valence-corrected chi connectivity index (χ1v) is 8.46. The maximum absolute atomic E-state index is 12.4. The summed E-state index contributed by atoms with van der Waals surface area (Å²) < 4.78 is 35.0. The van der Waals surface area contributed by atoms with Crippen LogP contribution in [-0.4, -0.2) is 15.5 Å². The van der Waals surface area contributed by atoms with E-state index in [-0.39, 0.29) is 26.4 Å². The fraction of sp³-hybridized carbons (Fsp3) is 0.200. The molecule has 118 valence electrons. The Hall–Kier alpha value is -1.43.